The Bertz CT molecular complexity index is 166. The summed E-state index contributed by atoms with van der Waals surface area (Å²) in [5.41, 5.74) is 0. The highest BCUT2D eigenvalue weighted by molar-refractivity contribution is 5.34. The first kappa shape index (κ1) is 7.76. The summed E-state index contributed by atoms with van der Waals surface area (Å²) >= 11 is 0. The second kappa shape index (κ2) is 4.91. The molecule has 0 amide bonds. The predicted molar refractivity (Wildman–Crippen MR) is 30.6 cm³/mol. The lowest BCUT2D eigenvalue weighted by Gasteiger charge is -1.91. The number of aliphatic imine (C=N–C) groups is 2. The zero-order chi connectivity index (χ0) is 7.11. The maximum Gasteiger partial charge on any atom is 0.235 e. The maximum absolute atomic E-state index is 9.55. The molecule has 1 unspecified atom stereocenters. The summed E-state index contributed by atoms with van der Waals surface area (Å²) in [4.78, 5) is 25.5. The van der Waals surface area contributed by atoms with E-state index in [4.69, 9.17) is 0 Å². The normalized spacial score (nSPS) is 10.8. The van der Waals surface area contributed by atoms with E-state index >= 15 is 0 Å². The van der Waals surface area contributed by atoms with Crippen molar-refractivity contribution in [2.45, 2.75) is 13.0 Å². The lowest BCUT2D eigenvalue weighted by molar-refractivity contribution is 0.554. The average Bonchev–Trinajstić information content (AvgIpc) is 1.85. The summed E-state index contributed by atoms with van der Waals surface area (Å²) in [5.74, 6) is 0. The Labute approximate surface area is 52.3 Å². The van der Waals surface area contributed by atoms with Gasteiger partial charge in [0.15, 0.2) is 0 Å². The summed E-state index contributed by atoms with van der Waals surface area (Å²) in [7, 11) is 0. The Morgan fingerprint density at radius 1 is 1.44 bits per heavy atom. The van der Waals surface area contributed by atoms with Crippen LogP contribution < -0.4 is 0 Å². The van der Waals surface area contributed by atoms with Gasteiger partial charge >= 0.3 is 0 Å². The number of isocyanates is 2. The van der Waals surface area contributed by atoms with Crippen molar-refractivity contribution in [3.8, 4) is 0 Å². The Morgan fingerprint density at radius 2 is 2.11 bits per heavy atom. The molecule has 0 radical (unpaired) electrons. The van der Waals surface area contributed by atoms with Crippen LogP contribution in [0.1, 0.15) is 6.92 Å². The van der Waals surface area contributed by atoms with E-state index in [1.165, 1.54) is 12.2 Å². The van der Waals surface area contributed by atoms with Crippen LogP contribution in [0, 0.1) is 0 Å². The van der Waals surface area contributed by atoms with Crippen LogP contribution in [0.4, 0.5) is 0 Å². The van der Waals surface area contributed by atoms with Gasteiger partial charge in [-0.15, -0.1) is 0 Å². The molecule has 0 aliphatic rings. The second-order valence-electron chi connectivity index (χ2n) is 1.50. The average molecular weight is 126 g/mol. The molecule has 0 N–H and O–H groups in total. The number of carbonyl (C=O) groups excluding carboxylic acids is 2. The molecule has 0 aromatic carbocycles. The molecule has 1 atom stereocenters. The molecule has 9 heavy (non-hydrogen) atoms. The third-order valence-electron chi connectivity index (χ3n) is 0.693. The highest BCUT2D eigenvalue weighted by Gasteiger charge is 1.93. The van der Waals surface area contributed by atoms with E-state index in [0.717, 1.165) is 0 Å². The van der Waals surface area contributed by atoms with Crippen LogP contribution in [0.5, 0.6) is 0 Å². The third-order valence-corrected chi connectivity index (χ3v) is 0.693. The molecule has 0 aliphatic carbocycles. The number of hydrogen-bond donors (Lipinski definition) is 0. The molecule has 4 nitrogen and oxygen atoms in total. The quantitative estimate of drug-likeness (QED) is 0.396. The summed E-state index contributed by atoms with van der Waals surface area (Å²) in [6, 6.07) is -0.260. The molecule has 0 aliphatic heterocycles. The number of nitrogens with zero attached hydrogens (tertiary/aromatic N) is 2. The molecular weight excluding hydrogens is 120 g/mol. The Morgan fingerprint density at radius 3 is 2.56 bits per heavy atom. The Balaban J connectivity index is 3.62. The molecule has 0 rings (SSSR count). The van der Waals surface area contributed by atoms with Crippen LogP contribution in [0.15, 0.2) is 9.98 Å². The summed E-state index contributed by atoms with van der Waals surface area (Å²) in [5, 5.41) is 0. The molecule has 0 saturated heterocycles. The van der Waals surface area contributed by atoms with Crippen molar-refractivity contribution in [1.29, 1.82) is 0 Å². The lowest BCUT2D eigenvalue weighted by Crippen LogP contribution is -2.00. The van der Waals surface area contributed by atoms with Crippen LogP contribution in [-0.4, -0.2) is 24.7 Å². The van der Waals surface area contributed by atoms with Crippen LogP contribution in [-0.2, 0) is 9.59 Å². The molecule has 48 valence electrons. The van der Waals surface area contributed by atoms with Gasteiger partial charge in [0, 0.05) is 0 Å². The molecule has 0 aromatic rings. The van der Waals surface area contributed by atoms with Crippen LogP contribution in [0.25, 0.3) is 0 Å². The molecule has 0 bridgehead atoms. The summed E-state index contributed by atoms with van der Waals surface area (Å²) in [6.07, 6.45) is 2.70. The zero-order valence-electron chi connectivity index (χ0n) is 5.00. The van der Waals surface area contributed by atoms with E-state index in [0.29, 0.717) is 0 Å². The predicted octanol–water partition coefficient (Wildman–Crippen LogP) is 0.0465. The summed E-state index contributed by atoms with van der Waals surface area (Å²) < 4.78 is 0. The van der Waals surface area contributed by atoms with E-state index in [1.807, 2.05) is 0 Å². The van der Waals surface area contributed by atoms with Crippen molar-refractivity contribution in [3.63, 3.8) is 0 Å². The van der Waals surface area contributed by atoms with E-state index in [1.54, 1.807) is 6.92 Å². The summed E-state index contributed by atoms with van der Waals surface area (Å²) in [6.45, 7) is 1.87. The van der Waals surface area contributed by atoms with Gasteiger partial charge in [-0.2, -0.15) is 0 Å². The van der Waals surface area contributed by atoms with Gasteiger partial charge in [-0.1, -0.05) is 0 Å². The third kappa shape index (κ3) is 4.62. The first-order valence-electron chi connectivity index (χ1n) is 2.42. The van der Waals surface area contributed by atoms with Crippen molar-refractivity contribution < 1.29 is 9.59 Å². The minimum atomic E-state index is -0.260. The SMILES string of the molecule is CC(CN=C=O)N=C=O. The number of rotatable bonds is 3. The van der Waals surface area contributed by atoms with Gasteiger partial charge in [-0.25, -0.2) is 19.6 Å². The minimum absolute atomic E-state index is 0.207. The molecular formula is C5H6N2O2. The molecule has 4 heteroatoms. The van der Waals surface area contributed by atoms with Gasteiger partial charge < -0.3 is 0 Å². The standard InChI is InChI=1S/C5H6N2O2/c1-5(7-4-9)2-6-3-8/h5H,2H2,1H3. The highest BCUT2D eigenvalue weighted by Crippen LogP contribution is 1.85. The molecule has 0 spiro atoms. The van der Waals surface area contributed by atoms with Gasteiger partial charge in [0.1, 0.15) is 0 Å². The van der Waals surface area contributed by atoms with Crippen LogP contribution in [0.2, 0.25) is 0 Å². The molecule has 0 aromatic heterocycles. The molecule has 0 saturated carbocycles. The Kier molecular flexibility index (Phi) is 4.23. The van der Waals surface area contributed by atoms with E-state index in [-0.39, 0.29) is 12.6 Å². The fraction of sp³-hybridized carbons (Fsp3) is 0.600. The number of hydrogen-bond acceptors (Lipinski definition) is 4. The van der Waals surface area contributed by atoms with Gasteiger partial charge in [-0.05, 0) is 6.92 Å². The Hall–Kier alpha value is -1.24. The largest absolute Gasteiger partial charge is 0.235 e. The highest BCUT2D eigenvalue weighted by atomic mass is 16.1. The lowest BCUT2D eigenvalue weighted by atomic mass is 10.4. The first-order chi connectivity index (χ1) is 4.31. The smallest absolute Gasteiger partial charge is 0.211 e. The molecule has 0 fully saturated rings. The first-order valence-corrected chi connectivity index (χ1v) is 2.42. The molecule has 0 heterocycles. The van der Waals surface area contributed by atoms with Gasteiger partial charge in [-0.3, -0.25) is 0 Å². The van der Waals surface area contributed by atoms with Crippen molar-refractivity contribution in [2.24, 2.45) is 9.98 Å². The fourth-order valence-electron chi connectivity index (χ4n) is 0.300. The van der Waals surface area contributed by atoms with Crippen molar-refractivity contribution in [1.82, 2.24) is 0 Å². The monoisotopic (exact) mass is 126 g/mol. The fourth-order valence-corrected chi connectivity index (χ4v) is 0.300. The van der Waals surface area contributed by atoms with E-state index in [9.17, 15) is 9.59 Å². The van der Waals surface area contributed by atoms with Crippen molar-refractivity contribution >= 4 is 12.2 Å². The zero-order valence-corrected chi connectivity index (χ0v) is 5.00. The minimum Gasteiger partial charge on any atom is -0.211 e. The van der Waals surface area contributed by atoms with Crippen LogP contribution in [0.3, 0.4) is 0 Å². The van der Waals surface area contributed by atoms with E-state index in [2.05, 4.69) is 9.98 Å². The van der Waals surface area contributed by atoms with Gasteiger partial charge in [0.25, 0.3) is 0 Å². The topological polar surface area (TPSA) is 58.9 Å². The van der Waals surface area contributed by atoms with Gasteiger partial charge in [0.05, 0.1) is 12.6 Å². The second-order valence-corrected chi connectivity index (χ2v) is 1.50. The van der Waals surface area contributed by atoms with Crippen LogP contribution >= 0.6 is 0 Å². The van der Waals surface area contributed by atoms with E-state index < -0.39 is 0 Å². The maximum atomic E-state index is 9.55. The van der Waals surface area contributed by atoms with Crippen molar-refractivity contribution in [3.05, 3.63) is 0 Å². The van der Waals surface area contributed by atoms with Gasteiger partial charge in [0.2, 0.25) is 12.2 Å². The van der Waals surface area contributed by atoms with Crippen molar-refractivity contribution in [2.75, 3.05) is 6.54 Å².